The maximum absolute atomic E-state index is 10.8. The van der Waals surface area contributed by atoms with Gasteiger partial charge in [-0.2, -0.15) is 0 Å². The van der Waals surface area contributed by atoms with Crippen molar-refractivity contribution in [3.8, 4) is 0 Å². The summed E-state index contributed by atoms with van der Waals surface area (Å²) in [4.78, 5) is 29.3. The Morgan fingerprint density at radius 2 is 2.11 bits per heavy atom. The first-order valence-corrected chi connectivity index (χ1v) is 7.04. The third kappa shape index (κ3) is 5.48. The Hall–Kier alpha value is -1.28. The lowest BCUT2D eigenvalue weighted by Gasteiger charge is -2.11. The number of carboxylic acid groups (broad SMARTS) is 2. The number of carboxylic acids is 2. The summed E-state index contributed by atoms with van der Waals surface area (Å²) in [6.07, 6.45) is 0.360. The van der Waals surface area contributed by atoms with Crippen LogP contribution in [0.2, 0.25) is 0 Å². The molecule has 19 heavy (non-hydrogen) atoms. The van der Waals surface area contributed by atoms with Gasteiger partial charge in [-0.25, -0.2) is 4.79 Å². The molecule has 1 unspecified atom stereocenters. The van der Waals surface area contributed by atoms with Crippen LogP contribution in [-0.2, 0) is 14.9 Å². The van der Waals surface area contributed by atoms with E-state index in [1.165, 1.54) is 0 Å². The van der Waals surface area contributed by atoms with Gasteiger partial charge in [0.15, 0.2) is 0 Å². The zero-order chi connectivity index (χ0) is 14.4. The van der Waals surface area contributed by atoms with Gasteiger partial charge in [0, 0.05) is 9.80 Å². The minimum absolute atomic E-state index is 0.324. The Morgan fingerprint density at radius 1 is 1.42 bits per heavy atom. The highest BCUT2D eigenvalue weighted by molar-refractivity contribution is 9.10. The highest BCUT2D eigenvalue weighted by Gasteiger charge is 2.17. The summed E-state index contributed by atoms with van der Waals surface area (Å²) in [6, 6.07) is 2.57. The molecule has 0 spiro atoms. The van der Waals surface area contributed by atoms with Crippen LogP contribution in [0.15, 0.2) is 21.6 Å². The number of carbonyl (C=O) groups is 2. The Morgan fingerprint density at radius 3 is 2.63 bits per heavy atom. The molecule has 0 aliphatic carbocycles. The number of halogens is 2. The number of hydrogen-bond donors (Lipinski definition) is 2. The van der Waals surface area contributed by atoms with Crippen molar-refractivity contribution < 1.29 is 19.8 Å². The maximum Gasteiger partial charge on any atom is 0.346 e. The zero-order valence-electron chi connectivity index (χ0n) is 9.58. The second-order valence-electron chi connectivity index (χ2n) is 3.57. The molecular formula is C11H10Br2N2O4. The molecule has 0 amide bonds. The van der Waals surface area contributed by atoms with Crippen LogP contribution in [0.3, 0.4) is 0 Å². The van der Waals surface area contributed by atoms with Crippen molar-refractivity contribution >= 4 is 50.0 Å². The third-order valence-corrected chi connectivity index (χ3v) is 3.11. The molecule has 6 nitrogen and oxygen atoms in total. The smallest absolute Gasteiger partial charge is 0.346 e. The van der Waals surface area contributed by atoms with Crippen LogP contribution in [0.25, 0.3) is 0 Å². The monoisotopic (exact) mass is 392 g/mol. The third-order valence-electron chi connectivity index (χ3n) is 2.07. The summed E-state index contributed by atoms with van der Waals surface area (Å²) in [5, 5.41) is 17.9. The fourth-order valence-electron chi connectivity index (χ4n) is 1.36. The van der Waals surface area contributed by atoms with Crippen molar-refractivity contribution in [3.63, 3.8) is 0 Å². The highest BCUT2D eigenvalue weighted by atomic mass is 79.9. The van der Waals surface area contributed by atoms with Crippen LogP contribution < -0.4 is 0 Å². The van der Waals surface area contributed by atoms with E-state index in [-0.39, 0.29) is 6.42 Å². The number of hydrogen-bond acceptors (Lipinski definition) is 4. The minimum atomic E-state index is -1.23. The summed E-state index contributed by atoms with van der Waals surface area (Å²) >= 11 is 6.55. The largest absolute Gasteiger partial charge is 0.481 e. The molecule has 0 aromatic carbocycles. The average Bonchev–Trinajstić information content (AvgIpc) is 2.32. The van der Waals surface area contributed by atoms with Gasteiger partial charge in [0.1, 0.15) is 12.3 Å². The van der Waals surface area contributed by atoms with Crippen LogP contribution in [-0.4, -0.2) is 33.4 Å². The molecule has 0 saturated carbocycles. The molecule has 2 N–H and O–H groups in total. The van der Waals surface area contributed by atoms with E-state index in [0.717, 1.165) is 4.47 Å². The van der Waals surface area contributed by atoms with Crippen molar-refractivity contribution in [1.82, 2.24) is 4.98 Å². The lowest BCUT2D eigenvalue weighted by atomic mass is 10.1. The van der Waals surface area contributed by atoms with E-state index in [4.69, 9.17) is 10.2 Å². The zero-order valence-corrected chi connectivity index (χ0v) is 12.8. The quantitative estimate of drug-likeness (QED) is 0.571. The molecule has 0 aliphatic rings. The molecule has 0 radical (unpaired) electrons. The van der Waals surface area contributed by atoms with Crippen molar-refractivity contribution in [2.45, 2.75) is 17.8 Å². The number of aliphatic imine (C=N–C) groups is 1. The fourth-order valence-corrected chi connectivity index (χ4v) is 2.15. The molecule has 1 aromatic heterocycles. The summed E-state index contributed by atoms with van der Waals surface area (Å²) < 4.78 is 0.730. The molecule has 0 fully saturated rings. The molecule has 1 aromatic rings. The van der Waals surface area contributed by atoms with Crippen LogP contribution in [0, 0.1) is 0 Å². The van der Waals surface area contributed by atoms with Crippen LogP contribution in [0.1, 0.15) is 23.9 Å². The van der Waals surface area contributed by atoms with Gasteiger partial charge in [-0.15, -0.1) is 0 Å². The molecule has 0 bridgehead atoms. The highest BCUT2D eigenvalue weighted by Crippen LogP contribution is 2.24. The molecule has 0 saturated heterocycles. The standard InChI is InChI=1S/C11H10Br2N2O4/c12-4-7-1-6(13)2-9(15-7)8(3-10(16)17)14-5-11(18)19/h1-2,5,8H,3-4H2,(H,16,17)(H,18,19). The van der Waals surface area contributed by atoms with Gasteiger partial charge < -0.3 is 10.2 Å². The summed E-state index contributed by atoms with van der Waals surface area (Å²) in [6.45, 7) is 0. The predicted octanol–water partition coefficient (Wildman–Crippen LogP) is 2.41. The second-order valence-corrected chi connectivity index (χ2v) is 5.04. The Kier molecular flexibility index (Phi) is 6.10. The van der Waals surface area contributed by atoms with E-state index in [0.29, 0.717) is 22.9 Å². The van der Waals surface area contributed by atoms with E-state index in [1.807, 2.05) is 0 Å². The van der Waals surface area contributed by atoms with Crippen molar-refractivity contribution in [1.29, 1.82) is 0 Å². The molecule has 8 heteroatoms. The second kappa shape index (κ2) is 7.34. The summed E-state index contributed by atoms with van der Waals surface area (Å²) in [7, 11) is 0. The van der Waals surface area contributed by atoms with E-state index in [1.54, 1.807) is 12.1 Å². The first kappa shape index (κ1) is 15.8. The van der Waals surface area contributed by atoms with Gasteiger partial charge in [0.05, 0.1) is 17.8 Å². The van der Waals surface area contributed by atoms with E-state index in [2.05, 4.69) is 41.8 Å². The van der Waals surface area contributed by atoms with Gasteiger partial charge in [0.2, 0.25) is 0 Å². The number of aromatic nitrogens is 1. The van der Waals surface area contributed by atoms with Gasteiger partial charge in [-0.3, -0.25) is 14.8 Å². The van der Waals surface area contributed by atoms with Crippen LogP contribution in [0.4, 0.5) is 0 Å². The van der Waals surface area contributed by atoms with Crippen molar-refractivity contribution in [2.75, 3.05) is 0 Å². The molecule has 102 valence electrons. The predicted molar refractivity (Wildman–Crippen MR) is 75.7 cm³/mol. The Bertz CT molecular complexity index is 519. The summed E-state index contributed by atoms with van der Waals surface area (Å²) in [5.41, 5.74) is 1.11. The van der Waals surface area contributed by atoms with Crippen molar-refractivity contribution in [3.05, 3.63) is 28.0 Å². The molecule has 1 atom stereocenters. The Labute approximate surface area is 125 Å². The van der Waals surface area contributed by atoms with E-state index < -0.39 is 18.0 Å². The molecule has 1 heterocycles. The fraction of sp³-hybridized carbons (Fsp3) is 0.273. The number of pyridine rings is 1. The first-order valence-electron chi connectivity index (χ1n) is 5.12. The van der Waals surface area contributed by atoms with Gasteiger partial charge in [0.25, 0.3) is 0 Å². The lowest BCUT2D eigenvalue weighted by Crippen LogP contribution is -2.09. The van der Waals surface area contributed by atoms with Crippen LogP contribution in [0.5, 0.6) is 0 Å². The molecule has 1 rings (SSSR count). The van der Waals surface area contributed by atoms with Gasteiger partial charge in [-0.1, -0.05) is 31.9 Å². The average molecular weight is 394 g/mol. The first-order chi connectivity index (χ1) is 8.92. The normalized spacial score (nSPS) is 12.5. The maximum atomic E-state index is 10.8. The van der Waals surface area contributed by atoms with Crippen LogP contribution >= 0.6 is 31.9 Å². The number of rotatable bonds is 6. The van der Waals surface area contributed by atoms with E-state index in [9.17, 15) is 9.59 Å². The van der Waals surface area contributed by atoms with E-state index >= 15 is 0 Å². The number of alkyl halides is 1. The summed E-state index contributed by atoms with van der Waals surface area (Å²) in [5.74, 6) is -2.30. The van der Waals surface area contributed by atoms with Crippen molar-refractivity contribution in [2.24, 2.45) is 4.99 Å². The number of nitrogens with zero attached hydrogens (tertiary/aromatic N) is 2. The lowest BCUT2D eigenvalue weighted by molar-refractivity contribution is -0.137. The molecular weight excluding hydrogens is 384 g/mol. The molecule has 0 aliphatic heterocycles. The SMILES string of the molecule is O=C(O)C=NC(CC(=O)O)c1cc(Br)cc(CBr)n1. The minimum Gasteiger partial charge on any atom is -0.481 e. The van der Waals surface area contributed by atoms with Gasteiger partial charge >= 0.3 is 11.9 Å². The van der Waals surface area contributed by atoms with Gasteiger partial charge in [-0.05, 0) is 12.1 Å². The Balaban J connectivity index is 3.12. The topological polar surface area (TPSA) is 99.8 Å². The number of aliphatic carboxylic acids is 2.